The fourth-order valence-electron chi connectivity index (χ4n) is 2.63. The van der Waals surface area contributed by atoms with Crippen molar-refractivity contribution >= 4 is 21.6 Å². The molecule has 0 bridgehead atoms. The third kappa shape index (κ3) is 3.24. The highest BCUT2D eigenvalue weighted by Crippen LogP contribution is 2.28. The molecule has 1 aliphatic rings. The Morgan fingerprint density at radius 2 is 2.11 bits per heavy atom. The van der Waals surface area contributed by atoms with Gasteiger partial charge in [0.15, 0.2) is 0 Å². The Labute approximate surface area is 116 Å². The van der Waals surface area contributed by atoms with Gasteiger partial charge in [-0.25, -0.2) is 0 Å². The number of rotatable bonds is 3. The molecule has 0 aliphatic heterocycles. The number of nitriles is 1. The predicted molar refractivity (Wildman–Crippen MR) is 77.3 cm³/mol. The monoisotopic (exact) mass is 307 g/mol. The number of benzene rings is 1. The highest BCUT2D eigenvalue weighted by Gasteiger charge is 2.23. The van der Waals surface area contributed by atoms with Crippen LogP contribution in [-0.4, -0.2) is 12.6 Å². The smallest absolute Gasteiger partial charge is 0.0992 e. The van der Waals surface area contributed by atoms with E-state index in [0.29, 0.717) is 17.5 Å². The lowest BCUT2D eigenvalue weighted by atomic mass is 9.84. The summed E-state index contributed by atoms with van der Waals surface area (Å²) >= 11 is 3.44. The van der Waals surface area contributed by atoms with E-state index < -0.39 is 0 Å². The van der Waals surface area contributed by atoms with Gasteiger partial charge in [-0.2, -0.15) is 5.26 Å². The van der Waals surface area contributed by atoms with Crippen molar-refractivity contribution in [1.29, 1.82) is 5.26 Å². The molecule has 0 saturated heterocycles. The number of hydrogen-bond acceptors (Lipinski definition) is 3. The fourth-order valence-corrected chi connectivity index (χ4v) is 3.12. The van der Waals surface area contributed by atoms with Gasteiger partial charge in [0.25, 0.3) is 0 Å². The van der Waals surface area contributed by atoms with Crippen LogP contribution in [0.1, 0.15) is 31.2 Å². The van der Waals surface area contributed by atoms with Crippen molar-refractivity contribution in [2.75, 3.05) is 11.9 Å². The van der Waals surface area contributed by atoms with E-state index in [0.717, 1.165) is 23.1 Å². The van der Waals surface area contributed by atoms with Crippen LogP contribution in [0.25, 0.3) is 0 Å². The number of halogens is 1. The lowest BCUT2D eigenvalue weighted by molar-refractivity contribution is 0.332. The van der Waals surface area contributed by atoms with Gasteiger partial charge in [-0.05, 0) is 43.5 Å². The Balaban J connectivity index is 2.12. The summed E-state index contributed by atoms with van der Waals surface area (Å²) in [5.41, 5.74) is 7.51. The second kappa shape index (κ2) is 6.21. The molecule has 18 heavy (non-hydrogen) atoms. The van der Waals surface area contributed by atoms with E-state index in [1.54, 1.807) is 0 Å². The quantitative estimate of drug-likeness (QED) is 0.901. The zero-order chi connectivity index (χ0) is 13.0. The van der Waals surface area contributed by atoms with Gasteiger partial charge in [0, 0.05) is 16.2 Å². The zero-order valence-corrected chi connectivity index (χ0v) is 11.9. The minimum absolute atomic E-state index is 0.435. The highest BCUT2D eigenvalue weighted by atomic mass is 79.9. The van der Waals surface area contributed by atoms with Gasteiger partial charge in [-0.15, -0.1) is 0 Å². The molecule has 2 unspecified atom stereocenters. The number of anilines is 1. The molecule has 96 valence electrons. The molecule has 0 aromatic heterocycles. The summed E-state index contributed by atoms with van der Waals surface area (Å²) in [4.78, 5) is 0. The van der Waals surface area contributed by atoms with Crippen molar-refractivity contribution in [2.45, 2.75) is 31.7 Å². The Bertz CT molecular complexity index is 453. The van der Waals surface area contributed by atoms with Gasteiger partial charge < -0.3 is 11.1 Å². The summed E-state index contributed by atoms with van der Waals surface area (Å²) in [6, 6.07) is 8.35. The molecule has 2 atom stereocenters. The Kier molecular flexibility index (Phi) is 4.62. The second-order valence-electron chi connectivity index (χ2n) is 4.87. The first-order valence-electron chi connectivity index (χ1n) is 6.40. The lowest BCUT2D eigenvalue weighted by Crippen LogP contribution is -2.36. The second-order valence-corrected chi connectivity index (χ2v) is 5.79. The fraction of sp³-hybridized carbons (Fsp3) is 0.500. The molecule has 1 saturated carbocycles. The van der Waals surface area contributed by atoms with Crippen molar-refractivity contribution in [3.8, 4) is 6.07 Å². The van der Waals surface area contributed by atoms with Gasteiger partial charge >= 0.3 is 0 Å². The average molecular weight is 308 g/mol. The predicted octanol–water partition coefficient (Wildman–Crippen LogP) is 3.25. The summed E-state index contributed by atoms with van der Waals surface area (Å²) in [7, 11) is 0. The molecule has 1 aromatic rings. The zero-order valence-electron chi connectivity index (χ0n) is 10.3. The van der Waals surface area contributed by atoms with Gasteiger partial charge in [0.05, 0.1) is 11.6 Å². The average Bonchev–Trinajstić information content (AvgIpc) is 2.38. The molecule has 0 spiro atoms. The molecule has 1 fully saturated rings. The lowest BCUT2D eigenvalue weighted by Gasteiger charge is -2.32. The van der Waals surface area contributed by atoms with Crippen LogP contribution in [-0.2, 0) is 0 Å². The first-order valence-corrected chi connectivity index (χ1v) is 7.19. The molecular weight excluding hydrogens is 290 g/mol. The van der Waals surface area contributed by atoms with Crippen molar-refractivity contribution in [3.05, 3.63) is 28.2 Å². The van der Waals surface area contributed by atoms with Crippen LogP contribution in [0, 0.1) is 17.2 Å². The van der Waals surface area contributed by atoms with Crippen LogP contribution in [0.15, 0.2) is 22.7 Å². The van der Waals surface area contributed by atoms with E-state index in [1.807, 2.05) is 18.2 Å². The summed E-state index contributed by atoms with van der Waals surface area (Å²) in [6.45, 7) is 0.733. The molecule has 0 radical (unpaired) electrons. The van der Waals surface area contributed by atoms with Crippen molar-refractivity contribution in [1.82, 2.24) is 0 Å². The van der Waals surface area contributed by atoms with E-state index in [9.17, 15) is 0 Å². The van der Waals surface area contributed by atoms with Crippen LogP contribution in [0.5, 0.6) is 0 Å². The topological polar surface area (TPSA) is 61.8 Å². The normalized spacial score (nSPS) is 23.4. The Hall–Kier alpha value is -1.05. The molecule has 4 heteroatoms. The van der Waals surface area contributed by atoms with E-state index in [4.69, 9.17) is 11.0 Å². The molecule has 1 aromatic carbocycles. The first kappa shape index (κ1) is 13.4. The van der Waals surface area contributed by atoms with Crippen molar-refractivity contribution < 1.29 is 0 Å². The maximum Gasteiger partial charge on any atom is 0.0992 e. The van der Waals surface area contributed by atoms with Crippen LogP contribution in [0.2, 0.25) is 0 Å². The van der Waals surface area contributed by atoms with E-state index in [-0.39, 0.29) is 0 Å². The van der Waals surface area contributed by atoms with Crippen molar-refractivity contribution in [2.24, 2.45) is 11.7 Å². The summed E-state index contributed by atoms with van der Waals surface area (Å²) in [5.74, 6) is 0.545. The van der Waals surface area contributed by atoms with Gasteiger partial charge in [0.2, 0.25) is 0 Å². The van der Waals surface area contributed by atoms with Crippen molar-refractivity contribution in [3.63, 3.8) is 0 Å². The standard InChI is InChI=1S/C14H18BrN3/c15-12-5-10(8-16)6-13(7-12)18-14-4-2-1-3-11(14)9-17/h5-7,11,14,18H,1-4,9,17H2. The first-order chi connectivity index (χ1) is 8.72. The summed E-state index contributed by atoms with van der Waals surface area (Å²) in [6.07, 6.45) is 4.90. The van der Waals surface area contributed by atoms with Crippen LogP contribution in [0.4, 0.5) is 5.69 Å². The van der Waals surface area contributed by atoms with E-state index in [1.165, 1.54) is 19.3 Å². The summed E-state index contributed by atoms with van der Waals surface area (Å²) in [5, 5.41) is 12.5. The number of nitrogens with one attached hydrogen (secondary N) is 1. The molecule has 3 nitrogen and oxygen atoms in total. The molecule has 2 rings (SSSR count). The van der Waals surface area contributed by atoms with Crippen LogP contribution in [0.3, 0.4) is 0 Å². The number of nitrogens with two attached hydrogens (primary N) is 1. The minimum atomic E-state index is 0.435. The van der Waals surface area contributed by atoms with Gasteiger partial charge in [0.1, 0.15) is 0 Å². The SMILES string of the molecule is N#Cc1cc(Br)cc(NC2CCCCC2CN)c1. The molecule has 0 heterocycles. The molecular formula is C14H18BrN3. The number of hydrogen-bond donors (Lipinski definition) is 2. The Morgan fingerprint density at radius 3 is 2.83 bits per heavy atom. The maximum absolute atomic E-state index is 8.97. The van der Waals surface area contributed by atoms with Gasteiger partial charge in [-0.1, -0.05) is 28.8 Å². The largest absolute Gasteiger partial charge is 0.382 e. The third-order valence-electron chi connectivity index (χ3n) is 3.59. The minimum Gasteiger partial charge on any atom is -0.382 e. The third-order valence-corrected chi connectivity index (χ3v) is 4.05. The maximum atomic E-state index is 8.97. The van der Waals surface area contributed by atoms with Crippen LogP contribution >= 0.6 is 15.9 Å². The van der Waals surface area contributed by atoms with Crippen LogP contribution < -0.4 is 11.1 Å². The number of nitrogens with zero attached hydrogens (tertiary/aromatic N) is 1. The molecule has 0 amide bonds. The summed E-state index contributed by atoms with van der Waals surface area (Å²) < 4.78 is 0.934. The Morgan fingerprint density at radius 1 is 1.33 bits per heavy atom. The highest BCUT2D eigenvalue weighted by molar-refractivity contribution is 9.10. The van der Waals surface area contributed by atoms with E-state index >= 15 is 0 Å². The molecule has 3 N–H and O–H groups in total. The van der Waals surface area contributed by atoms with E-state index in [2.05, 4.69) is 27.3 Å². The molecule has 1 aliphatic carbocycles. The van der Waals surface area contributed by atoms with Gasteiger partial charge in [-0.3, -0.25) is 0 Å².